The average molecular weight is 305 g/mol. The van der Waals surface area contributed by atoms with Crippen molar-refractivity contribution >= 4 is 5.78 Å². The molecule has 1 saturated heterocycles. The van der Waals surface area contributed by atoms with Gasteiger partial charge in [0.1, 0.15) is 0 Å². The summed E-state index contributed by atoms with van der Waals surface area (Å²) in [7, 11) is 0. The Labute approximate surface area is 133 Å². The van der Waals surface area contributed by atoms with E-state index < -0.39 is 0 Å². The lowest BCUT2D eigenvalue weighted by atomic mass is 10.1. The summed E-state index contributed by atoms with van der Waals surface area (Å²) in [6.07, 6.45) is 4.40. The fraction of sp³-hybridized carbons (Fsp3) is 0.611. The maximum Gasteiger partial charge on any atom is 0.164 e. The lowest BCUT2D eigenvalue weighted by molar-refractivity contribution is 0.0958. The van der Waals surface area contributed by atoms with Gasteiger partial charge in [0.15, 0.2) is 17.3 Å². The summed E-state index contributed by atoms with van der Waals surface area (Å²) in [4.78, 5) is 14.8. The van der Waals surface area contributed by atoms with Gasteiger partial charge in [-0.25, -0.2) is 0 Å². The van der Waals surface area contributed by atoms with Gasteiger partial charge in [0.05, 0.1) is 13.2 Å². The summed E-state index contributed by atoms with van der Waals surface area (Å²) in [5.41, 5.74) is 0.712. The van der Waals surface area contributed by atoms with Crippen LogP contribution < -0.4 is 9.47 Å². The van der Waals surface area contributed by atoms with Gasteiger partial charge in [-0.3, -0.25) is 4.79 Å². The second-order valence-electron chi connectivity index (χ2n) is 5.60. The number of rotatable bonds is 8. The molecule has 0 bridgehead atoms. The van der Waals surface area contributed by atoms with Gasteiger partial charge in [0, 0.05) is 18.5 Å². The van der Waals surface area contributed by atoms with E-state index in [-0.39, 0.29) is 5.78 Å². The van der Waals surface area contributed by atoms with Gasteiger partial charge in [0.25, 0.3) is 0 Å². The van der Waals surface area contributed by atoms with E-state index in [1.807, 2.05) is 32.0 Å². The third kappa shape index (κ3) is 4.73. The van der Waals surface area contributed by atoms with Crippen molar-refractivity contribution in [2.24, 2.45) is 0 Å². The lowest BCUT2D eigenvalue weighted by Gasteiger charge is -2.25. The quantitative estimate of drug-likeness (QED) is 0.689. The molecule has 2 rings (SSSR count). The van der Waals surface area contributed by atoms with Crippen molar-refractivity contribution in [3.05, 3.63) is 23.8 Å². The van der Waals surface area contributed by atoms with Gasteiger partial charge in [-0.15, -0.1) is 0 Å². The Kier molecular flexibility index (Phi) is 6.72. The molecule has 4 heteroatoms. The Morgan fingerprint density at radius 3 is 2.41 bits per heavy atom. The van der Waals surface area contributed by atoms with E-state index >= 15 is 0 Å². The van der Waals surface area contributed by atoms with Crippen LogP contribution in [0.2, 0.25) is 0 Å². The molecule has 0 N–H and O–H groups in total. The van der Waals surface area contributed by atoms with Gasteiger partial charge in [0.2, 0.25) is 0 Å². The van der Waals surface area contributed by atoms with Gasteiger partial charge in [-0.1, -0.05) is 6.42 Å². The van der Waals surface area contributed by atoms with Gasteiger partial charge >= 0.3 is 0 Å². The number of piperidine rings is 1. The Morgan fingerprint density at radius 2 is 1.73 bits per heavy atom. The van der Waals surface area contributed by atoms with Crippen LogP contribution in [0, 0.1) is 0 Å². The molecule has 0 radical (unpaired) electrons. The summed E-state index contributed by atoms with van der Waals surface area (Å²) in [6.45, 7) is 8.12. The largest absolute Gasteiger partial charge is 0.490 e. The van der Waals surface area contributed by atoms with Crippen molar-refractivity contribution in [1.29, 1.82) is 0 Å². The summed E-state index contributed by atoms with van der Waals surface area (Å²) < 4.78 is 11.1. The molecule has 0 spiro atoms. The van der Waals surface area contributed by atoms with Gasteiger partial charge in [-0.2, -0.15) is 0 Å². The Morgan fingerprint density at radius 1 is 1.05 bits per heavy atom. The highest BCUT2D eigenvalue weighted by molar-refractivity contribution is 5.96. The number of Topliss-reactive ketones (excluding diaryl/α,β-unsaturated/α-hetero) is 1. The van der Waals surface area contributed by atoms with E-state index in [0.717, 1.165) is 19.6 Å². The van der Waals surface area contributed by atoms with Crippen LogP contribution >= 0.6 is 0 Å². The summed E-state index contributed by atoms with van der Waals surface area (Å²) >= 11 is 0. The fourth-order valence-electron chi connectivity index (χ4n) is 2.81. The van der Waals surface area contributed by atoms with Crippen molar-refractivity contribution in [3.8, 4) is 11.5 Å². The summed E-state index contributed by atoms with van der Waals surface area (Å²) in [5.74, 6) is 1.54. The number of carbonyl (C=O) groups excluding carboxylic acids is 1. The number of hydrogen-bond donors (Lipinski definition) is 0. The highest BCUT2D eigenvalue weighted by atomic mass is 16.5. The van der Waals surface area contributed by atoms with E-state index in [4.69, 9.17) is 9.47 Å². The molecule has 0 aromatic heterocycles. The highest BCUT2D eigenvalue weighted by Crippen LogP contribution is 2.29. The van der Waals surface area contributed by atoms with Crippen LogP contribution in [-0.2, 0) is 0 Å². The molecule has 1 aromatic rings. The molecule has 22 heavy (non-hydrogen) atoms. The van der Waals surface area contributed by atoms with Crippen LogP contribution in [0.1, 0.15) is 49.9 Å². The topological polar surface area (TPSA) is 38.8 Å². The lowest BCUT2D eigenvalue weighted by Crippen LogP contribution is -2.31. The summed E-state index contributed by atoms with van der Waals surface area (Å²) in [5, 5.41) is 0. The molecule has 0 aliphatic carbocycles. The predicted octanol–water partition coefficient (Wildman–Crippen LogP) is 3.54. The molecule has 0 saturated carbocycles. The van der Waals surface area contributed by atoms with E-state index in [0.29, 0.717) is 36.7 Å². The minimum atomic E-state index is 0.176. The number of carbonyl (C=O) groups is 1. The number of nitrogens with zero attached hydrogens (tertiary/aromatic N) is 1. The first-order valence-electron chi connectivity index (χ1n) is 8.39. The van der Waals surface area contributed by atoms with Crippen molar-refractivity contribution < 1.29 is 14.3 Å². The molecule has 1 fully saturated rings. The second-order valence-corrected chi connectivity index (χ2v) is 5.60. The van der Waals surface area contributed by atoms with E-state index in [2.05, 4.69) is 4.90 Å². The van der Waals surface area contributed by atoms with E-state index in [9.17, 15) is 4.79 Å². The molecule has 0 amide bonds. The molecule has 122 valence electrons. The number of likely N-dealkylation sites (tertiary alicyclic amines) is 1. The van der Waals surface area contributed by atoms with Gasteiger partial charge in [-0.05, 0) is 58.0 Å². The fourth-order valence-corrected chi connectivity index (χ4v) is 2.81. The Balaban J connectivity index is 1.97. The summed E-state index contributed by atoms with van der Waals surface area (Å²) in [6, 6.07) is 5.49. The van der Waals surface area contributed by atoms with Crippen molar-refractivity contribution in [1.82, 2.24) is 4.90 Å². The van der Waals surface area contributed by atoms with Crippen LogP contribution in [0.15, 0.2) is 18.2 Å². The maximum absolute atomic E-state index is 12.4. The minimum absolute atomic E-state index is 0.176. The molecular weight excluding hydrogens is 278 g/mol. The Bertz CT molecular complexity index is 481. The maximum atomic E-state index is 12.4. The minimum Gasteiger partial charge on any atom is -0.490 e. The first-order chi connectivity index (χ1) is 10.7. The first-order valence-corrected chi connectivity index (χ1v) is 8.39. The Hall–Kier alpha value is -1.55. The normalized spacial score (nSPS) is 15.5. The number of benzene rings is 1. The third-order valence-electron chi connectivity index (χ3n) is 3.97. The molecular formula is C18H27NO3. The van der Waals surface area contributed by atoms with Crippen molar-refractivity contribution in [2.75, 3.05) is 32.8 Å². The smallest absolute Gasteiger partial charge is 0.164 e. The molecule has 1 heterocycles. The zero-order chi connectivity index (χ0) is 15.8. The molecule has 0 unspecified atom stereocenters. The van der Waals surface area contributed by atoms with Crippen molar-refractivity contribution in [3.63, 3.8) is 0 Å². The monoisotopic (exact) mass is 305 g/mol. The highest BCUT2D eigenvalue weighted by Gasteiger charge is 2.15. The molecule has 4 nitrogen and oxygen atoms in total. The second kappa shape index (κ2) is 8.79. The van der Waals surface area contributed by atoms with E-state index in [1.165, 1.54) is 19.3 Å². The van der Waals surface area contributed by atoms with Crippen LogP contribution in [0.4, 0.5) is 0 Å². The zero-order valence-corrected chi connectivity index (χ0v) is 13.8. The standard InChI is InChI=1S/C18H27NO3/c1-3-21-17-9-8-15(14-18(17)22-4-2)16(20)10-13-19-11-6-5-7-12-19/h8-9,14H,3-7,10-13H2,1-2H3. The number of hydrogen-bond acceptors (Lipinski definition) is 4. The predicted molar refractivity (Wildman–Crippen MR) is 88.0 cm³/mol. The number of ketones is 1. The van der Waals surface area contributed by atoms with Crippen LogP contribution in [0.25, 0.3) is 0 Å². The first kappa shape index (κ1) is 16.8. The third-order valence-corrected chi connectivity index (χ3v) is 3.97. The average Bonchev–Trinajstić information content (AvgIpc) is 2.55. The van der Waals surface area contributed by atoms with Crippen LogP contribution in [0.3, 0.4) is 0 Å². The molecule has 1 aliphatic rings. The van der Waals surface area contributed by atoms with Gasteiger partial charge < -0.3 is 14.4 Å². The van der Waals surface area contributed by atoms with Crippen LogP contribution in [-0.4, -0.2) is 43.5 Å². The molecule has 0 atom stereocenters. The number of ether oxygens (including phenoxy) is 2. The zero-order valence-electron chi connectivity index (χ0n) is 13.8. The molecule has 1 aliphatic heterocycles. The van der Waals surface area contributed by atoms with Crippen molar-refractivity contribution in [2.45, 2.75) is 39.5 Å². The molecule has 1 aromatic carbocycles. The SMILES string of the molecule is CCOc1ccc(C(=O)CCN2CCCCC2)cc1OCC. The van der Waals surface area contributed by atoms with Crippen LogP contribution in [0.5, 0.6) is 11.5 Å². The van der Waals surface area contributed by atoms with E-state index in [1.54, 1.807) is 0 Å².